The van der Waals surface area contributed by atoms with Crippen molar-refractivity contribution in [2.24, 2.45) is 10.7 Å². The van der Waals surface area contributed by atoms with E-state index in [-0.39, 0.29) is 11.3 Å². The summed E-state index contributed by atoms with van der Waals surface area (Å²) in [4.78, 5) is 16.7. The van der Waals surface area contributed by atoms with Crippen molar-refractivity contribution in [1.82, 2.24) is 0 Å². The average molecular weight is 361 g/mol. The summed E-state index contributed by atoms with van der Waals surface area (Å²) >= 11 is 1.47. The lowest BCUT2D eigenvalue weighted by Gasteiger charge is -2.30. The molecule has 0 saturated carbocycles. The standard InChI is InChI=1S/C18H17F2N3OS/c1-18(8-9-25-17(21)23-18)11-6-7-14(20)15(10-11)22-16(24)12-4-2-3-5-13(12)19/h2-7,10H,8-9H2,1H3,(H2,21,23)(H,22,24)/t18-/m0/s1. The van der Waals surface area contributed by atoms with E-state index in [2.05, 4.69) is 10.3 Å². The maximum absolute atomic E-state index is 14.1. The fourth-order valence-electron chi connectivity index (χ4n) is 2.69. The van der Waals surface area contributed by atoms with Crippen LogP contribution in [0.1, 0.15) is 29.3 Å². The number of halogens is 2. The number of hydrogen-bond donors (Lipinski definition) is 2. The van der Waals surface area contributed by atoms with Crippen molar-refractivity contribution in [2.75, 3.05) is 11.1 Å². The molecule has 0 aliphatic carbocycles. The number of rotatable bonds is 3. The molecule has 7 heteroatoms. The molecule has 1 atom stereocenters. The van der Waals surface area contributed by atoms with Crippen LogP contribution in [0.15, 0.2) is 47.5 Å². The molecule has 3 rings (SSSR count). The van der Waals surface area contributed by atoms with E-state index in [1.807, 2.05) is 6.92 Å². The highest BCUT2D eigenvalue weighted by Crippen LogP contribution is 2.36. The average Bonchev–Trinajstić information content (AvgIpc) is 2.57. The van der Waals surface area contributed by atoms with Gasteiger partial charge >= 0.3 is 0 Å². The van der Waals surface area contributed by atoms with E-state index >= 15 is 0 Å². The first kappa shape index (κ1) is 17.4. The van der Waals surface area contributed by atoms with E-state index in [1.165, 1.54) is 42.1 Å². The summed E-state index contributed by atoms with van der Waals surface area (Å²) < 4.78 is 27.9. The molecule has 2 aromatic carbocycles. The van der Waals surface area contributed by atoms with Crippen molar-refractivity contribution in [3.8, 4) is 0 Å². The Hall–Kier alpha value is -2.41. The third-order valence-corrected chi connectivity index (χ3v) is 4.95. The van der Waals surface area contributed by atoms with Gasteiger partial charge in [0.1, 0.15) is 11.6 Å². The van der Waals surface area contributed by atoms with Gasteiger partial charge in [0.25, 0.3) is 5.91 Å². The normalized spacial score (nSPS) is 20.0. The van der Waals surface area contributed by atoms with Crippen LogP contribution in [0.4, 0.5) is 14.5 Å². The number of carbonyl (C=O) groups excluding carboxylic acids is 1. The third-order valence-electron chi connectivity index (χ3n) is 4.15. The van der Waals surface area contributed by atoms with Crippen LogP contribution in [0.2, 0.25) is 0 Å². The number of aliphatic imine (C=N–C) groups is 1. The van der Waals surface area contributed by atoms with E-state index < -0.39 is 23.1 Å². The first-order chi connectivity index (χ1) is 11.9. The number of benzene rings is 2. The molecule has 0 bridgehead atoms. The molecule has 2 aromatic rings. The van der Waals surface area contributed by atoms with Gasteiger partial charge in [-0.15, -0.1) is 0 Å². The van der Waals surface area contributed by atoms with Crippen molar-refractivity contribution in [1.29, 1.82) is 0 Å². The Morgan fingerprint density at radius 1 is 1.24 bits per heavy atom. The van der Waals surface area contributed by atoms with Gasteiger partial charge in [-0.05, 0) is 43.2 Å². The molecule has 0 radical (unpaired) electrons. The monoisotopic (exact) mass is 361 g/mol. The lowest BCUT2D eigenvalue weighted by molar-refractivity contribution is 0.102. The van der Waals surface area contributed by atoms with Gasteiger partial charge in [-0.25, -0.2) is 8.78 Å². The van der Waals surface area contributed by atoms with E-state index in [1.54, 1.807) is 12.1 Å². The summed E-state index contributed by atoms with van der Waals surface area (Å²) in [5.74, 6) is -1.16. The van der Waals surface area contributed by atoms with Crippen molar-refractivity contribution in [2.45, 2.75) is 18.9 Å². The highest BCUT2D eigenvalue weighted by Gasteiger charge is 2.30. The number of nitrogens with two attached hydrogens (primary N) is 1. The van der Waals surface area contributed by atoms with Gasteiger partial charge in [-0.1, -0.05) is 30.0 Å². The number of carbonyl (C=O) groups is 1. The maximum Gasteiger partial charge on any atom is 0.258 e. The number of amidine groups is 1. The maximum atomic E-state index is 14.1. The summed E-state index contributed by atoms with van der Waals surface area (Å²) in [5.41, 5.74) is 5.81. The molecule has 1 amide bonds. The highest BCUT2D eigenvalue weighted by atomic mass is 32.2. The van der Waals surface area contributed by atoms with E-state index in [0.29, 0.717) is 5.17 Å². The lowest BCUT2D eigenvalue weighted by Crippen LogP contribution is -2.29. The smallest absolute Gasteiger partial charge is 0.258 e. The largest absolute Gasteiger partial charge is 0.379 e. The SMILES string of the molecule is C[C@@]1(c2ccc(F)c(NC(=O)c3ccccc3F)c2)CCSC(N)=N1. The Bertz CT molecular complexity index is 856. The molecule has 0 saturated heterocycles. The first-order valence-electron chi connectivity index (χ1n) is 7.73. The lowest BCUT2D eigenvalue weighted by atomic mass is 9.89. The number of thioether (sulfide) groups is 1. The molecule has 1 aliphatic rings. The zero-order valence-corrected chi connectivity index (χ0v) is 14.4. The molecule has 25 heavy (non-hydrogen) atoms. The molecular weight excluding hydrogens is 344 g/mol. The highest BCUT2D eigenvalue weighted by molar-refractivity contribution is 8.13. The number of amides is 1. The van der Waals surface area contributed by atoms with Crippen LogP contribution in [0.3, 0.4) is 0 Å². The molecule has 1 heterocycles. The first-order valence-corrected chi connectivity index (χ1v) is 8.72. The van der Waals surface area contributed by atoms with Crippen molar-refractivity contribution in [3.05, 3.63) is 65.2 Å². The number of anilines is 1. The third kappa shape index (κ3) is 3.66. The Kier molecular flexibility index (Phi) is 4.76. The fourth-order valence-corrected chi connectivity index (χ4v) is 3.66. The van der Waals surface area contributed by atoms with Crippen molar-refractivity contribution < 1.29 is 13.6 Å². The van der Waals surface area contributed by atoms with E-state index in [9.17, 15) is 13.6 Å². The fraction of sp³-hybridized carbons (Fsp3) is 0.222. The van der Waals surface area contributed by atoms with Crippen LogP contribution < -0.4 is 11.1 Å². The van der Waals surface area contributed by atoms with Crippen LogP contribution in [-0.4, -0.2) is 16.8 Å². The Morgan fingerprint density at radius 3 is 2.72 bits per heavy atom. The zero-order chi connectivity index (χ0) is 18.0. The minimum Gasteiger partial charge on any atom is -0.379 e. The number of hydrogen-bond acceptors (Lipinski definition) is 4. The molecular formula is C18H17F2N3OS. The minimum atomic E-state index is -0.707. The Morgan fingerprint density at radius 2 is 2.00 bits per heavy atom. The quantitative estimate of drug-likeness (QED) is 0.872. The predicted molar refractivity (Wildman–Crippen MR) is 96.8 cm³/mol. The zero-order valence-electron chi connectivity index (χ0n) is 13.6. The molecule has 0 unspecified atom stereocenters. The van der Waals surface area contributed by atoms with Gasteiger partial charge in [0.15, 0.2) is 5.17 Å². The van der Waals surface area contributed by atoms with Crippen molar-refractivity contribution in [3.63, 3.8) is 0 Å². The summed E-state index contributed by atoms with van der Waals surface area (Å²) in [6.45, 7) is 1.91. The number of nitrogens with one attached hydrogen (secondary N) is 1. The molecule has 1 aliphatic heterocycles. The van der Waals surface area contributed by atoms with Gasteiger partial charge in [0.2, 0.25) is 0 Å². The second kappa shape index (κ2) is 6.84. The van der Waals surface area contributed by atoms with Crippen LogP contribution in [-0.2, 0) is 5.54 Å². The molecule has 0 spiro atoms. The molecule has 4 nitrogen and oxygen atoms in total. The molecule has 130 valence electrons. The van der Waals surface area contributed by atoms with Gasteiger partial charge < -0.3 is 11.1 Å². The summed E-state index contributed by atoms with van der Waals surface area (Å²) in [7, 11) is 0. The summed E-state index contributed by atoms with van der Waals surface area (Å²) in [6.07, 6.45) is 0.741. The second-order valence-corrected chi connectivity index (χ2v) is 7.07. The van der Waals surface area contributed by atoms with Gasteiger partial charge in [-0.3, -0.25) is 9.79 Å². The molecule has 3 N–H and O–H groups in total. The Balaban J connectivity index is 1.91. The minimum absolute atomic E-state index is 0.0148. The summed E-state index contributed by atoms with van der Waals surface area (Å²) in [5, 5.41) is 2.92. The van der Waals surface area contributed by atoms with E-state index in [4.69, 9.17) is 5.73 Å². The van der Waals surface area contributed by atoms with Crippen LogP contribution in [0, 0.1) is 11.6 Å². The number of nitrogens with zero attached hydrogens (tertiary/aromatic N) is 1. The van der Waals surface area contributed by atoms with Gasteiger partial charge in [-0.2, -0.15) is 0 Å². The predicted octanol–water partition coefficient (Wildman–Crippen LogP) is 3.88. The second-order valence-electron chi connectivity index (χ2n) is 5.95. The molecule has 0 aromatic heterocycles. The van der Waals surface area contributed by atoms with Crippen LogP contribution in [0.5, 0.6) is 0 Å². The van der Waals surface area contributed by atoms with Gasteiger partial charge in [0, 0.05) is 5.75 Å². The topological polar surface area (TPSA) is 67.5 Å². The van der Waals surface area contributed by atoms with Gasteiger partial charge in [0.05, 0.1) is 16.8 Å². The van der Waals surface area contributed by atoms with E-state index in [0.717, 1.165) is 17.7 Å². The Labute approximate surface area is 148 Å². The summed E-state index contributed by atoms with van der Waals surface area (Å²) in [6, 6.07) is 9.98. The van der Waals surface area contributed by atoms with Crippen molar-refractivity contribution >= 4 is 28.5 Å². The van der Waals surface area contributed by atoms with Crippen LogP contribution in [0.25, 0.3) is 0 Å². The molecule has 0 fully saturated rings. The van der Waals surface area contributed by atoms with Crippen LogP contribution >= 0.6 is 11.8 Å².